The van der Waals surface area contributed by atoms with E-state index in [2.05, 4.69) is 20.4 Å². The summed E-state index contributed by atoms with van der Waals surface area (Å²) in [6, 6.07) is 0. The predicted molar refractivity (Wildman–Crippen MR) is 39.2 cm³/mol. The summed E-state index contributed by atoms with van der Waals surface area (Å²) < 4.78 is 0. The molecule has 2 unspecified atom stereocenters. The molecule has 0 bridgehead atoms. The van der Waals surface area contributed by atoms with Gasteiger partial charge < -0.3 is 0 Å². The third-order valence-corrected chi connectivity index (χ3v) is 3.89. The first-order chi connectivity index (χ1) is 4.08. The second-order valence-corrected chi connectivity index (χ2v) is 4.17. The van der Waals surface area contributed by atoms with Crippen LogP contribution >= 0.6 is 0 Å². The summed E-state index contributed by atoms with van der Waals surface area (Å²) >= 11 is 0. The highest BCUT2D eigenvalue weighted by Crippen LogP contribution is 2.72. The lowest BCUT2D eigenvalue weighted by molar-refractivity contribution is -0.0863. The van der Waals surface area contributed by atoms with Crippen molar-refractivity contribution in [2.45, 2.75) is 33.1 Å². The molecule has 2 atom stereocenters. The topological polar surface area (TPSA) is 0 Å². The van der Waals surface area contributed by atoms with Gasteiger partial charge in [-0.3, -0.25) is 0 Å². The Bertz CT molecular complexity index is 180. The maximum absolute atomic E-state index is 4.06. The maximum Gasteiger partial charge on any atom is -0.00618 e. The van der Waals surface area contributed by atoms with E-state index >= 15 is 0 Å². The van der Waals surface area contributed by atoms with E-state index in [1.807, 2.05) is 0 Å². The molecule has 0 heteroatoms. The second-order valence-electron chi connectivity index (χ2n) is 4.17. The molecule has 2 aliphatic rings. The Morgan fingerprint density at radius 1 is 1.33 bits per heavy atom. The van der Waals surface area contributed by atoms with Gasteiger partial charge in [-0.1, -0.05) is 26.0 Å². The van der Waals surface area contributed by atoms with Crippen LogP contribution in [0.25, 0.3) is 0 Å². The van der Waals surface area contributed by atoms with Crippen molar-refractivity contribution in [2.24, 2.45) is 10.8 Å². The van der Waals surface area contributed by atoms with Crippen LogP contribution in [-0.2, 0) is 0 Å². The maximum atomic E-state index is 4.06. The Hall–Kier alpha value is -0.260. The van der Waals surface area contributed by atoms with E-state index in [0.717, 1.165) is 0 Å². The summed E-state index contributed by atoms with van der Waals surface area (Å²) in [4.78, 5) is 0. The van der Waals surface area contributed by atoms with Gasteiger partial charge in [-0.05, 0) is 30.1 Å². The normalized spacial score (nSPS) is 55.6. The first-order valence-corrected chi connectivity index (χ1v) is 3.77. The molecule has 0 N–H and O–H groups in total. The van der Waals surface area contributed by atoms with Crippen LogP contribution < -0.4 is 0 Å². The van der Waals surface area contributed by atoms with E-state index in [9.17, 15) is 0 Å². The van der Waals surface area contributed by atoms with Gasteiger partial charge in [0.2, 0.25) is 0 Å². The van der Waals surface area contributed by atoms with E-state index in [1.54, 1.807) is 0 Å². The summed E-state index contributed by atoms with van der Waals surface area (Å²) in [5.41, 5.74) is 2.73. The smallest absolute Gasteiger partial charge is 0.00618 e. The highest BCUT2D eigenvalue weighted by atomic mass is 14.7. The van der Waals surface area contributed by atoms with Crippen molar-refractivity contribution < 1.29 is 0 Å². The average molecular weight is 122 g/mol. The van der Waals surface area contributed by atoms with Crippen LogP contribution in [-0.4, -0.2) is 0 Å². The largest absolute Gasteiger partial charge is 0.0993 e. The molecule has 0 spiro atoms. The number of allylic oxidation sites excluding steroid dienone is 1. The summed E-state index contributed by atoms with van der Waals surface area (Å²) in [5, 5.41) is 0. The molecule has 0 aromatic heterocycles. The van der Waals surface area contributed by atoms with Gasteiger partial charge in [0, 0.05) is 0 Å². The zero-order valence-corrected chi connectivity index (χ0v) is 6.33. The minimum Gasteiger partial charge on any atom is -0.0993 e. The van der Waals surface area contributed by atoms with Gasteiger partial charge in [0.15, 0.2) is 0 Å². The summed E-state index contributed by atoms with van der Waals surface area (Å²) in [6.07, 6.45) is 4.12. The molecule has 0 heterocycles. The molecule has 9 heavy (non-hydrogen) atoms. The second kappa shape index (κ2) is 1.12. The third kappa shape index (κ3) is 0.357. The van der Waals surface area contributed by atoms with Crippen LogP contribution in [0.1, 0.15) is 33.1 Å². The molecule has 50 valence electrons. The number of rotatable bonds is 0. The lowest BCUT2D eigenvalue weighted by Gasteiger charge is -2.67. The molecule has 0 saturated heterocycles. The van der Waals surface area contributed by atoms with Gasteiger partial charge in [0.1, 0.15) is 0 Å². The Labute approximate surface area is 57.0 Å². The van der Waals surface area contributed by atoms with Crippen molar-refractivity contribution in [3.63, 3.8) is 0 Å². The van der Waals surface area contributed by atoms with Crippen molar-refractivity contribution >= 4 is 0 Å². The molecule has 0 aromatic carbocycles. The van der Waals surface area contributed by atoms with E-state index in [4.69, 9.17) is 0 Å². The van der Waals surface area contributed by atoms with E-state index in [-0.39, 0.29) is 0 Å². The molecule has 0 nitrogen and oxygen atoms in total. The van der Waals surface area contributed by atoms with Crippen molar-refractivity contribution in [1.82, 2.24) is 0 Å². The van der Waals surface area contributed by atoms with Crippen LogP contribution in [0.15, 0.2) is 12.2 Å². The first kappa shape index (κ1) is 5.52. The van der Waals surface area contributed by atoms with Crippen LogP contribution in [0.5, 0.6) is 0 Å². The molecule has 0 amide bonds. The monoisotopic (exact) mass is 122 g/mol. The van der Waals surface area contributed by atoms with Gasteiger partial charge in [-0.15, -0.1) is 0 Å². The van der Waals surface area contributed by atoms with Gasteiger partial charge in [-0.25, -0.2) is 0 Å². The number of hydrogen-bond acceptors (Lipinski definition) is 0. The zero-order chi connectivity index (χ0) is 6.70. The first-order valence-electron chi connectivity index (χ1n) is 3.77. The highest BCUT2D eigenvalue weighted by Gasteiger charge is 2.61. The quantitative estimate of drug-likeness (QED) is 0.433. The molecule has 2 aliphatic carbocycles. The molecule has 0 radical (unpaired) electrons. The van der Waals surface area contributed by atoms with E-state index < -0.39 is 0 Å². The molecule has 0 aliphatic heterocycles. The van der Waals surface area contributed by atoms with Crippen LogP contribution in [0.4, 0.5) is 0 Å². The van der Waals surface area contributed by atoms with Gasteiger partial charge in [-0.2, -0.15) is 0 Å². The minimum atomic E-state index is 0.562. The lowest BCUT2D eigenvalue weighted by Crippen LogP contribution is -2.57. The van der Waals surface area contributed by atoms with Crippen molar-refractivity contribution in [1.29, 1.82) is 0 Å². The van der Waals surface area contributed by atoms with Crippen molar-refractivity contribution in [2.75, 3.05) is 0 Å². The number of hydrogen-bond donors (Lipinski definition) is 0. The summed E-state index contributed by atoms with van der Waals surface area (Å²) in [6.45, 7) is 8.82. The van der Waals surface area contributed by atoms with E-state index in [1.165, 1.54) is 24.8 Å². The zero-order valence-electron chi connectivity index (χ0n) is 6.33. The van der Waals surface area contributed by atoms with Gasteiger partial charge >= 0.3 is 0 Å². The van der Waals surface area contributed by atoms with Gasteiger partial charge in [0.25, 0.3) is 0 Å². The standard InChI is InChI=1S/C9H14/c1-7-6-8(2)4-5-9(7,8)3/h1,4-6H2,2-3H3. The Morgan fingerprint density at radius 3 is 2.00 bits per heavy atom. The third-order valence-electron chi connectivity index (χ3n) is 3.89. The molecule has 2 saturated carbocycles. The average Bonchev–Trinajstić information content (AvgIpc) is 1.84. The fourth-order valence-corrected chi connectivity index (χ4v) is 2.37. The molecular weight excluding hydrogens is 108 g/mol. The predicted octanol–water partition coefficient (Wildman–Crippen LogP) is 2.75. The van der Waals surface area contributed by atoms with E-state index in [0.29, 0.717) is 10.8 Å². The Kier molecular flexibility index (Phi) is 0.685. The van der Waals surface area contributed by atoms with Crippen LogP contribution in [0, 0.1) is 10.8 Å². The lowest BCUT2D eigenvalue weighted by atomic mass is 9.37. The van der Waals surface area contributed by atoms with Crippen molar-refractivity contribution in [3.05, 3.63) is 12.2 Å². The number of fused-ring (bicyclic) bond motifs is 1. The molecule has 2 rings (SSSR count). The highest BCUT2D eigenvalue weighted by molar-refractivity contribution is 5.32. The van der Waals surface area contributed by atoms with Crippen molar-refractivity contribution in [3.8, 4) is 0 Å². The summed E-state index contributed by atoms with van der Waals surface area (Å²) in [5.74, 6) is 0. The Morgan fingerprint density at radius 2 is 2.00 bits per heavy atom. The van der Waals surface area contributed by atoms with Crippen LogP contribution in [0.3, 0.4) is 0 Å². The minimum absolute atomic E-state index is 0.562. The Balaban J connectivity index is 2.31. The fourth-order valence-electron chi connectivity index (χ4n) is 2.37. The SMILES string of the molecule is C=C1CC2(C)CCC12C. The summed E-state index contributed by atoms with van der Waals surface area (Å²) in [7, 11) is 0. The fraction of sp³-hybridized carbons (Fsp3) is 0.778. The molecule has 2 fully saturated rings. The molecular formula is C9H14. The van der Waals surface area contributed by atoms with Gasteiger partial charge in [0.05, 0.1) is 0 Å². The molecule has 0 aromatic rings. The van der Waals surface area contributed by atoms with Crippen LogP contribution in [0.2, 0.25) is 0 Å².